The molecule has 0 fully saturated rings. The molecule has 0 aliphatic rings. The van der Waals surface area contributed by atoms with Crippen LogP contribution in [0.2, 0.25) is 0 Å². The van der Waals surface area contributed by atoms with E-state index in [1.54, 1.807) is 36.2 Å². The molecule has 1 aromatic carbocycles. The molecule has 1 heterocycles. The second-order valence-corrected chi connectivity index (χ2v) is 4.12. The van der Waals surface area contributed by atoms with Crippen LogP contribution in [0, 0.1) is 5.41 Å². The molecule has 2 rings (SSSR count). The molecule has 6 heteroatoms. The summed E-state index contributed by atoms with van der Waals surface area (Å²) < 4.78 is 12.5. The number of aromatic nitrogens is 2. The summed E-state index contributed by atoms with van der Waals surface area (Å²) >= 11 is 0. The summed E-state index contributed by atoms with van der Waals surface area (Å²) in [5.41, 5.74) is 7.01. The van der Waals surface area contributed by atoms with Gasteiger partial charge in [-0.25, -0.2) is 0 Å². The molecule has 0 aliphatic heterocycles. The van der Waals surface area contributed by atoms with Crippen molar-refractivity contribution in [3.8, 4) is 11.5 Å². The van der Waals surface area contributed by atoms with Gasteiger partial charge in [-0.1, -0.05) is 0 Å². The molecule has 0 spiro atoms. The summed E-state index contributed by atoms with van der Waals surface area (Å²) in [7, 11) is 3.41. The Hall–Kier alpha value is -2.50. The van der Waals surface area contributed by atoms with Gasteiger partial charge in [-0.3, -0.25) is 10.1 Å². The minimum atomic E-state index is -0.0230. The monoisotopic (exact) mass is 260 g/mol. The Bertz CT molecular complexity index is 592. The Labute approximate surface area is 111 Å². The van der Waals surface area contributed by atoms with E-state index in [9.17, 15) is 0 Å². The first-order valence-corrected chi connectivity index (χ1v) is 5.72. The maximum Gasteiger partial charge on any atom is 0.124 e. The lowest BCUT2D eigenvalue weighted by atomic mass is 10.2. The van der Waals surface area contributed by atoms with Crippen molar-refractivity contribution in [2.75, 3.05) is 7.11 Å². The first-order valence-electron chi connectivity index (χ1n) is 5.72. The fourth-order valence-electron chi connectivity index (χ4n) is 1.64. The van der Waals surface area contributed by atoms with Gasteiger partial charge in [-0.2, -0.15) is 5.10 Å². The van der Waals surface area contributed by atoms with Crippen molar-refractivity contribution in [3.63, 3.8) is 0 Å². The number of aryl methyl sites for hydroxylation is 1. The van der Waals surface area contributed by atoms with E-state index in [1.165, 1.54) is 0 Å². The molecule has 2 aromatic rings. The highest BCUT2D eigenvalue weighted by Crippen LogP contribution is 2.23. The van der Waals surface area contributed by atoms with Crippen molar-refractivity contribution in [3.05, 3.63) is 41.7 Å². The molecular weight excluding hydrogens is 244 g/mol. The predicted molar refractivity (Wildman–Crippen MR) is 71.6 cm³/mol. The first kappa shape index (κ1) is 12.9. The molecule has 19 heavy (non-hydrogen) atoms. The second kappa shape index (κ2) is 5.43. The first-order chi connectivity index (χ1) is 9.08. The van der Waals surface area contributed by atoms with Gasteiger partial charge in [0.2, 0.25) is 0 Å². The number of nitrogen functional groups attached to an aromatic ring is 1. The zero-order valence-electron chi connectivity index (χ0n) is 10.9. The smallest absolute Gasteiger partial charge is 0.124 e. The summed E-state index contributed by atoms with van der Waals surface area (Å²) in [6, 6.07) is 5.16. The number of nitrogens with two attached hydrogens (primary N) is 1. The van der Waals surface area contributed by atoms with Crippen LogP contribution in [0.25, 0.3) is 0 Å². The van der Waals surface area contributed by atoms with Gasteiger partial charge in [0.15, 0.2) is 0 Å². The van der Waals surface area contributed by atoms with E-state index >= 15 is 0 Å². The predicted octanol–water partition coefficient (Wildman–Crippen LogP) is 1.29. The highest BCUT2D eigenvalue weighted by Gasteiger charge is 2.05. The van der Waals surface area contributed by atoms with Crippen LogP contribution in [-0.4, -0.2) is 22.7 Å². The second-order valence-electron chi connectivity index (χ2n) is 4.12. The van der Waals surface area contributed by atoms with Gasteiger partial charge in [-0.15, -0.1) is 0 Å². The van der Waals surface area contributed by atoms with E-state index in [0.29, 0.717) is 23.7 Å². The summed E-state index contributed by atoms with van der Waals surface area (Å²) in [6.45, 7) is 0.401. The highest BCUT2D eigenvalue weighted by molar-refractivity contribution is 5.95. The van der Waals surface area contributed by atoms with E-state index in [1.807, 2.05) is 13.2 Å². The van der Waals surface area contributed by atoms with Gasteiger partial charge < -0.3 is 15.2 Å². The van der Waals surface area contributed by atoms with Gasteiger partial charge in [0, 0.05) is 30.4 Å². The normalized spacial score (nSPS) is 10.2. The lowest BCUT2D eigenvalue weighted by molar-refractivity contribution is 0.303. The van der Waals surface area contributed by atoms with Crippen molar-refractivity contribution in [1.82, 2.24) is 9.78 Å². The Morgan fingerprint density at radius 2 is 2.11 bits per heavy atom. The largest absolute Gasteiger partial charge is 0.497 e. The minimum Gasteiger partial charge on any atom is -0.497 e. The van der Waals surface area contributed by atoms with Crippen LogP contribution >= 0.6 is 0 Å². The highest BCUT2D eigenvalue weighted by atomic mass is 16.5. The summed E-state index contributed by atoms with van der Waals surface area (Å²) in [5.74, 6) is 1.19. The average molecular weight is 260 g/mol. The Morgan fingerprint density at radius 3 is 2.68 bits per heavy atom. The zero-order valence-corrected chi connectivity index (χ0v) is 10.9. The number of hydrogen-bond donors (Lipinski definition) is 2. The standard InChI is InChI=1S/C13H16N4O2/c1-17-7-9(6-16-17)8-19-12-4-10(13(14)15)3-11(5-12)18-2/h3-7H,8H2,1-2H3,(H3,14,15). The van der Waals surface area contributed by atoms with Gasteiger partial charge in [0.1, 0.15) is 23.9 Å². The number of methoxy groups -OCH3 is 1. The third-order valence-corrected chi connectivity index (χ3v) is 2.59. The molecule has 100 valence electrons. The van der Waals surface area contributed by atoms with E-state index in [2.05, 4.69) is 5.10 Å². The van der Waals surface area contributed by atoms with E-state index in [-0.39, 0.29) is 5.84 Å². The maximum absolute atomic E-state index is 7.46. The number of nitrogens with zero attached hydrogens (tertiary/aromatic N) is 2. The van der Waals surface area contributed by atoms with Crippen LogP contribution < -0.4 is 15.2 Å². The molecule has 0 saturated carbocycles. The lowest BCUT2D eigenvalue weighted by Crippen LogP contribution is -2.11. The van der Waals surface area contributed by atoms with E-state index in [0.717, 1.165) is 5.56 Å². The zero-order chi connectivity index (χ0) is 13.8. The van der Waals surface area contributed by atoms with Crippen molar-refractivity contribution in [2.24, 2.45) is 12.8 Å². The number of nitrogens with one attached hydrogen (secondary N) is 1. The molecule has 0 radical (unpaired) electrons. The number of amidine groups is 1. The fourth-order valence-corrected chi connectivity index (χ4v) is 1.64. The molecule has 0 unspecified atom stereocenters. The summed E-state index contributed by atoms with van der Waals surface area (Å²) in [5, 5.41) is 11.5. The Balaban J connectivity index is 2.15. The third kappa shape index (κ3) is 3.25. The van der Waals surface area contributed by atoms with E-state index in [4.69, 9.17) is 20.6 Å². The van der Waals surface area contributed by atoms with Crippen LogP contribution in [0.4, 0.5) is 0 Å². The van der Waals surface area contributed by atoms with Crippen LogP contribution in [0.5, 0.6) is 11.5 Å². The van der Waals surface area contributed by atoms with Gasteiger partial charge in [-0.05, 0) is 12.1 Å². The van der Waals surface area contributed by atoms with Crippen LogP contribution in [-0.2, 0) is 13.7 Å². The topological polar surface area (TPSA) is 86.2 Å². The summed E-state index contributed by atoms with van der Waals surface area (Å²) in [6.07, 6.45) is 3.62. The van der Waals surface area contributed by atoms with Crippen molar-refractivity contribution in [2.45, 2.75) is 6.61 Å². The van der Waals surface area contributed by atoms with Gasteiger partial charge in [0.05, 0.1) is 13.3 Å². The third-order valence-electron chi connectivity index (χ3n) is 2.59. The molecule has 0 amide bonds. The van der Waals surface area contributed by atoms with Crippen LogP contribution in [0.3, 0.4) is 0 Å². The maximum atomic E-state index is 7.46. The van der Waals surface area contributed by atoms with Crippen molar-refractivity contribution >= 4 is 5.84 Å². The van der Waals surface area contributed by atoms with E-state index < -0.39 is 0 Å². The fraction of sp³-hybridized carbons (Fsp3) is 0.231. The Morgan fingerprint density at radius 1 is 1.37 bits per heavy atom. The number of hydrogen-bond acceptors (Lipinski definition) is 4. The number of rotatable bonds is 5. The quantitative estimate of drug-likeness (QED) is 0.626. The molecule has 6 nitrogen and oxygen atoms in total. The molecule has 0 saturated heterocycles. The van der Waals surface area contributed by atoms with Gasteiger partial charge >= 0.3 is 0 Å². The number of ether oxygens (including phenoxy) is 2. The van der Waals surface area contributed by atoms with Gasteiger partial charge in [0.25, 0.3) is 0 Å². The average Bonchev–Trinajstić information content (AvgIpc) is 2.81. The van der Waals surface area contributed by atoms with Crippen LogP contribution in [0.1, 0.15) is 11.1 Å². The SMILES string of the molecule is COc1cc(OCc2cnn(C)c2)cc(C(=N)N)c1. The molecule has 0 atom stereocenters. The lowest BCUT2D eigenvalue weighted by Gasteiger charge is -2.09. The van der Waals surface area contributed by atoms with Crippen LogP contribution in [0.15, 0.2) is 30.6 Å². The Kier molecular flexibility index (Phi) is 3.70. The summed E-state index contributed by atoms with van der Waals surface area (Å²) in [4.78, 5) is 0. The molecule has 0 aliphatic carbocycles. The van der Waals surface area contributed by atoms with Crippen molar-refractivity contribution < 1.29 is 9.47 Å². The number of benzene rings is 1. The minimum absolute atomic E-state index is 0.0230. The molecule has 1 aromatic heterocycles. The van der Waals surface area contributed by atoms with Crippen molar-refractivity contribution in [1.29, 1.82) is 5.41 Å². The molecule has 0 bridgehead atoms. The molecule has 3 N–H and O–H groups in total. The molecular formula is C13H16N4O2.